The van der Waals surface area contributed by atoms with E-state index in [1.54, 1.807) is 45.0 Å². The Morgan fingerprint density at radius 2 is 1.61 bits per heavy atom. The van der Waals surface area contributed by atoms with Crippen molar-refractivity contribution >= 4 is 23.6 Å². The molecular weight excluding hydrogens is 678 g/mol. The molecule has 0 saturated carbocycles. The molecule has 3 amide bonds. The Morgan fingerprint density at radius 1 is 0.922 bits per heavy atom. The molecule has 272 valence electrons. The molecular formula is C34H37F4N7O6. The Hall–Kier alpha value is -5.74. The fourth-order valence-electron chi connectivity index (χ4n) is 4.69. The van der Waals surface area contributed by atoms with Crippen LogP contribution >= 0.6 is 0 Å². The fourth-order valence-corrected chi connectivity index (χ4v) is 4.69. The van der Waals surface area contributed by atoms with Crippen molar-refractivity contribution in [2.75, 3.05) is 5.32 Å². The Morgan fingerprint density at radius 3 is 2.31 bits per heavy atom. The third kappa shape index (κ3) is 13.2. The average molecular weight is 716 g/mol. The zero-order valence-corrected chi connectivity index (χ0v) is 28.0. The smallest absolute Gasteiger partial charge is 0.444 e. The molecule has 2 aromatic carbocycles. The molecule has 0 aliphatic carbocycles. The lowest BCUT2D eigenvalue weighted by Crippen LogP contribution is -2.32. The number of aryl methyl sites for hydroxylation is 1. The fraction of sp³-hybridized carbons (Fsp3) is 0.353. The van der Waals surface area contributed by atoms with E-state index in [1.807, 2.05) is 0 Å². The van der Waals surface area contributed by atoms with Crippen LogP contribution in [0.4, 0.5) is 28.0 Å². The van der Waals surface area contributed by atoms with Gasteiger partial charge in [-0.1, -0.05) is 41.6 Å². The average Bonchev–Trinajstić information content (AvgIpc) is 3.49. The third-order valence-corrected chi connectivity index (χ3v) is 6.90. The van der Waals surface area contributed by atoms with E-state index in [0.717, 1.165) is 22.4 Å². The van der Waals surface area contributed by atoms with Crippen LogP contribution in [0.15, 0.2) is 77.9 Å². The molecule has 2 heterocycles. The summed E-state index contributed by atoms with van der Waals surface area (Å²) in [5.41, 5.74) is 0.891. The van der Waals surface area contributed by atoms with Gasteiger partial charge in [0.2, 0.25) is 5.91 Å². The van der Waals surface area contributed by atoms with E-state index in [0.29, 0.717) is 11.1 Å². The quantitative estimate of drug-likeness (QED) is 0.156. The molecule has 2 aromatic heterocycles. The number of halogens is 4. The number of alkyl halides is 4. The van der Waals surface area contributed by atoms with Crippen LogP contribution in [0.3, 0.4) is 0 Å². The Labute approximate surface area is 289 Å². The second-order valence-corrected chi connectivity index (χ2v) is 12.4. The molecule has 0 spiro atoms. The number of pyridine rings is 1. The molecule has 0 radical (unpaired) electrons. The number of hydrogen-bond acceptors (Lipinski definition) is 8. The summed E-state index contributed by atoms with van der Waals surface area (Å²) in [6.07, 6.45) is -4.24. The van der Waals surface area contributed by atoms with Gasteiger partial charge < -0.3 is 30.0 Å². The molecule has 13 nitrogen and oxygen atoms in total. The molecule has 0 bridgehead atoms. The molecule has 17 heteroatoms. The van der Waals surface area contributed by atoms with Gasteiger partial charge in [0.1, 0.15) is 17.5 Å². The van der Waals surface area contributed by atoms with E-state index >= 15 is 0 Å². The van der Waals surface area contributed by atoms with Gasteiger partial charge in [0.25, 0.3) is 11.5 Å². The lowest BCUT2D eigenvalue weighted by atomic mass is 10.1. The molecule has 1 unspecified atom stereocenters. The summed E-state index contributed by atoms with van der Waals surface area (Å²) < 4.78 is 63.7. The van der Waals surface area contributed by atoms with Gasteiger partial charge in [-0.25, -0.2) is 13.9 Å². The third-order valence-electron chi connectivity index (χ3n) is 6.90. The number of nitrogens with zero attached hydrogens (tertiary/aromatic N) is 4. The lowest BCUT2D eigenvalue weighted by molar-refractivity contribution is -0.274. The highest BCUT2D eigenvalue weighted by molar-refractivity contribution is 5.92. The minimum atomic E-state index is -4.85. The molecule has 3 N–H and O–H groups in total. The first-order valence-corrected chi connectivity index (χ1v) is 15.7. The van der Waals surface area contributed by atoms with Crippen molar-refractivity contribution < 1.29 is 41.4 Å². The first kappa shape index (κ1) is 38.1. The zero-order chi connectivity index (χ0) is 37.2. The number of carbonyl (C=O) groups is 3. The van der Waals surface area contributed by atoms with Gasteiger partial charge >= 0.3 is 12.5 Å². The normalized spacial score (nSPS) is 12.1. The summed E-state index contributed by atoms with van der Waals surface area (Å²) in [6.45, 7) is 5.16. The minimum absolute atomic E-state index is 0.0210. The molecule has 0 aliphatic rings. The minimum Gasteiger partial charge on any atom is -0.444 e. The van der Waals surface area contributed by atoms with E-state index in [-0.39, 0.29) is 56.3 Å². The van der Waals surface area contributed by atoms with Gasteiger partial charge in [-0.05, 0) is 62.1 Å². The van der Waals surface area contributed by atoms with Crippen LogP contribution in [0, 0.1) is 0 Å². The van der Waals surface area contributed by atoms with Crippen molar-refractivity contribution in [3.8, 4) is 5.75 Å². The van der Waals surface area contributed by atoms with E-state index in [9.17, 15) is 36.7 Å². The number of benzene rings is 2. The summed E-state index contributed by atoms with van der Waals surface area (Å²) in [4.78, 5) is 49.7. The van der Waals surface area contributed by atoms with Crippen molar-refractivity contribution in [2.45, 2.75) is 77.9 Å². The highest BCUT2D eigenvalue weighted by Gasteiger charge is 2.31. The first-order valence-electron chi connectivity index (χ1n) is 15.7. The highest BCUT2D eigenvalue weighted by atomic mass is 19.4. The standard InChI is InChI=1S/C34H37F4N7O6/c1-33(2,3)51-32(49)40-19-23-7-4-6-22(14-23)16-29(46)41-26-11-13-44(30(47)17-26)12-10-25(35)20-45-21-28(42-43-45)31(48)39-18-24-8-5-9-27(15-24)50-34(36,37)38/h4-9,11,13-15,17,21,25H,10,12,16,18-20H2,1-3H3,(H,39,48)(H,40,49)(H,41,46). The van der Waals surface area contributed by atoms with Gasteiger partial charge in [-0.3, -0.25) is 14.4 Å². The second-order valence-electron chi connectivity index (χ2n) is 12.4. The Kier molecular flexibility index (Phi) is 12.5. The van der Waals surface area contributed by atoms with Gasteiger partial charge in [0, 0.05) is 37.6 Å². The number of carbonyl (C=O) groups excluding carboxylic acids is 3. The first-order chi connectivity index (χ1) is 24.0. The summed E-state index contributed by atoms with van der Waals surface area (Å²) in [5, 5.41) is 15.3. The number of nitrogens with one attached hydrogen (secondary N) is 3. The summed E-state index contributed by atoms with van der Waals surface area (Å²) in [6, 6.07) is 15.0. The number of anilines is 1. The monoisotopic (exact) mass is 715 g/mol. The number of rotatable bonds is 14. The summed E-state index contributed by atoms with van der Waals surface area (Å²) >= 11 is 0. The number of aromatic nitrogens is 4. The van der Waals surface area contributed by atoms with Crippen LogP contribution in [0.25, 0.3) is 0 Å². The maximum Gasteiger partial charge on any atom is 0.573 e. The van der Waals surface area contributed by atoms with Crippen LogP contribution in [-0.4, -0.2) is 55.6 Å². The largest absolute Gasteiger partial charge is 0.573 e. The van der Waals surface area contributed by atoms with Gasteiger partial charge in [0.15, 0.2) is 5.69 Å². The molecule has 4 rings (SSSR count). The van der Waals surface area contributed by atoms with Crippen LogP contribution in [-0.2, 0) is 42.1 Å². The van der Waals surface area contributed by atoms with Crippen molar-refractivity contribution in [2.24, 2.45) is 0 Å². The van der Waals surface area contributed by atoms with Crippen molar-refractivity contribution in [1.29, 1.82) is 0 Å². The molecule has 51 heavy (non-hydrogen) atoms. The molecule has 0 fully saturated rings. The van der Waals surface area contributed by atoms with Crippen LogP contribution in [0.1, 0.15) is 54.4 Å². The maximum absolute atomic E-state index is 14.8. The van der Waals surface area contributed by atoms with E-state index in [2.05, 4.69) is 31.0 Å². The van der Waals surface area contributed by atoms with E-state index in [4.69, 9.17) is 4.74 Å². The highest BCUT2D eigenvalue weighted by Crippen LogP contribution is 2.23. The molecule has 4 aromatic rings. The SMILES string of the molecule is CC(C)(C)OC(=O)NCc1cccc(CC(=O)Nc2ccn(CCC(F)Cn3cc(C(=O)NCc4cccc(OC(F)(F)F)c4)nn3)c(=O)c2)c1. The van der Waals surface area contributed by atoms with Crippen LogP contribution in [0.5, 0.6) is 5.75 Å². The summed E-state index contributed by atoms with van der Waals surface area (Å²) in [5.74, 6) is -1.46. The zero-order valence-electron chi connectivity index (χ0n) is 28.0. The Bertz CT molecular complexity index is 1890. The number of ether oxygens (including phenoxy) is 2. The van der Waals surface area contributed by atoms with Gasteiger partial charge in [-0.2, -0.15) is 0 Å². The van der Waals surface area contributed by atoms with E-state index in [1.165, 1.54) is 41.2 Å². The lowest BCUT2D eigenvalue weighted by Gasteiger charge is -2.19. The van der Waals surface area contributed by atoms with Gasteiger partial charge in [0.05, 0.1) is 19.2 Å². The summed E-state index contributed by atoms with van der Waals surface area (Å²) in [7, 11) is 0. The number of amides is 3. The maximum atomic E-state index is 14.8. The Balaban J connectivity index is 1.21. The molecule has 0 saturated heterocycles. The van der Waals surface area contributed by atoms with E-state index < -0.39 is 41.4 Å². The number of alkyl carbamates (subject to hydrolysis) is 1. The van der Waals surface area contributed by atoms with Crippen molar-refractivity contribution in [3.05, 3.63) is 106 Å². The number of hydrogen-bond donors (Lipinski definition) is 3. The van der Waals surface area contributed by atoms with Crippen molar-refractivity contribution in [1.82, 2.24) is 30.2 Å². The van der Waals surface area contributed by atoms with Gasteiger partial charge in [-0.15, -0.1) is 18.3 Å². The van der Waals surface area contributed by atoms with Crippen LogP contribution < -0.4 is 26.2 Å². The molecule has 1 atom stereocenters. The predicted octanol–water partition coefficient (Wildman–Crippen LogP) is 4.90. The second kappa shape index (κ2) is 16.8. The topological polar surface area (TPSA) is 158 Å². The van der Waals surface area contributed by atoms with Crippen LogP contribution in [0.2, 0.25) is 0 Å². The molecule has 0 aliphatic heterocycles. The predicted molar refractivity (Wildman–Crippen MR) is 176 cm³/mol. The van der Waals surface area contributed by atoms with Crippen molar-refractivity contribution in [3.63, 3.8) is 0 Å².